The lowest BCUT2D eigenvalue weighted by molar-refractivity contribution is -0.138. The number of hydrogen-bond donors (Lipinski definition) is 2. The average Bonchev–Trinajstić information content (AvgIpc) is 2.66. The Labute approximate surface area is 179 Å². The maximum Gasteiger partial charge on any atom is 0.421 e. The van der Waals surface area contributed by atoms with E-state index in [1.165, 1.54) is 6.07 Å². The summed E-state index contributed by atoms with van der Waals surface area (Å²) in [6.07, 6.45) is -8.96. The van der Waals surface area contributed by atoms with E-state index >= 15 is 0 Å². The van der Waals surface area contributed by atoms with Crippen LogP contribution in [0.25, 0.3) is 0 Å². The minimum absolute atomic E-state index is 0.212. The molecule has 32 heavy (non-hydrogen) atoms. The van der Waals surface area contributed by atoms with Crippen LogP contribution in [0.4, 0.5) is 49.5 Å². The molecule has 0 saturated heterocycles. The molecule has 0 spiro atoms. The summed E-state index contributed by atoms with van der Waals surface area (Å²) in [6.45, 7) is 3.19. The maximum atomic E-state index is 13.4. The molecule has 1 aromatic heterocycles. The number of rotatable bonds is 5. The molecule has 0 saturated carbocycles. The normalized spacial score (nSPS) is 12.5. The van der Waals surface area contributed by atoms with E-state index in [9.17, 15) is 30.9 Å². The van der Waals surface area contributed by atoms with Crippen molar-refractivity contribution in [3.8, 4) is 0 Å². The number of aromatic nitrogens is 2. The average molecular weight is 474 g/mol. The van der Waals surface area contributed by atoms with Crippen LogP contribution in [0.3, 0.4) is 0 Å². The summed E-state index contributed by atoms with van der Waals surface area (Å²) in [5, 5.41) is 5.64. The lowest BCUT2D eigenvalue weighted by atomic mass is 10.2. The molecule has 0 fully saturated rings. The number of alkyl halides is 6. The predicted molar refractivity (Wildman–Crippen MR) is 111 cm³/mol. The van der Waals surface area contributed by atoms with Gasteiger partial charge in [-0.05, 0) is 55.8 Å². The van der Waals surface area contributed by atoms with Crippen molar-refractivity contribution in [1.29, 1.82) is 0 Å². The third-order valence-corrected chi connectivity index (χ3v) is 5.83. The van der Waals surface area contributed by atoms with Crippen LogP contribution in [0.15, 0.2) is 54.7 Å². The molecule has 0 amide bonds. The first kappa shape index (κ1) is 23.6. The number of hydrogen-bond acceptors (Lipinski definition) is 5. The molecule has 3 aromatic rings. The van der Waals surface area contributed by atoms with Crippen LogP contribution in [0.2, 0.25) is 0 Å². The van der Waals surface area contributed by atoms with Gasteiger partial charge < -0.3 is 15.2 Å². The Morgan fingerprint density at radius 1 is 0.844 bits per heavy atom. The van der Waals surface area contributed by atoms with E-state index in [1.54, 1.807) is 37.6 Å². The molecule has 0 aliphatic heterocycles. The molecule has 5 nitrogen and oxygen atoms in total. The van der Waals surface area contributed by atoms with Crippen LogP contribution in [0, 0.1) is 0 Å². The summed E-state index contributed by atoms with van der Waals surface area (Å²) in [5.74, 6) is -0.922. The molecule has 1 heterocycles. The smallest absolute Gasteiger partial charge is 0.340 e. The zero-order valence-corrected chi connectivity index (χ0v) is 17.6. The lowest BCUT2D eigenvalue weighted by Gasteiger charge is -2.16. The highest BCUT2D eigenvalue weighted by molar-refractivity contribution is 7.70. The lowest BCUT2D eigenvalue weighted by Crippen LogP contribution is -2.13. The summed E-state index contributed by atoms with van der Waals surface area (Å²) < 4.78 is 91.0. The van der Waals surface area contributed by atoms with Gasteiger partial charge in [0.15, 0.2) is 0 Å². The number of nitrogens with zero attached hydrogens (tertiary/aromatic N) is 2. The van der Waals surface area contributed by atoms with Crippen LogP contribution in [-0.2, 0) is 16.9 Å². The first-order valence-corrected chi connectivity index (χ1v) is 11.6. The van der Waals surface area contributed by atoms with Gasteiger partial charge in [0.05, 0.1) is 5.56 Å². The van der Waals surface area contributed by atoms with E-state index in [0.29, 0.717) is 23.3 Å². The van der Waals surface area contributed by atoms with Crippen molar-refractivity contribution in [2.24, 2.45) is 0 Å². The molecule has 0 radical (unpaired) electrons. The van der Waals surface area contributed by atoms with E-state index < -0.39 is 36.4 Å². The van der Waals surface area contributed by atoms with Crippen molar-refractivity contribution in [2.45, 2.75) is 12.4 Å². The molecule has 12 heteroatoms. The molecule has 0 aliphatic rings. The van der Waals surface area contributed by atoms with Crippen LogP contribution in [-0.4, -0.2) is 23.3 Å². The molecular formula is C20H17F6N4OP. The van der Waals surface area contributed by atoms with E-state index in [2.05, 4.69) is 20.6 Å². The van der Waals surface area contributed by atoms with E-state index in [1.807, 2.05) is 0 Å². The monoisotopic (exact) mass is 474 g/mol. The van der Waals surface area contributed by atoms with Crippen molar-refractivity contribution < 1.29 is 30.9 Å². The molecule has 0 bridgehead atoms. The summed E-state index contributed by atoms with van der Waals surface area (Å²) in [5.41, 5.74) is -2.06. The van der Waals surface area contributed by atoms with Crippen molar-refractivity contribution in [3.05, 3.63) is 65.9 Å². The highest BCUT2D eigenvalue weighted by Crippen LogP contribution is 2.37. The number of nitrogens with one attached hydrogen (secondary N) is 2. The molecule has 2 N–H and O–H groups in total. The second-order valence-corrected chi connectivity index (χ2v) is 10.4. The van der Waals surface area contributed by atoms with Gasteiger partial charge in [-0.3, -0.25) is 0 Å². The standard InChI is InChI=1S/C20H17F6N4OP/c1-32(2,31)15-8-6-13(7-9-15)29-18-27-11-16(20(24,25)26)17(30-18)28-14-5-3-4-12(10-14)19(21,22)23/h3-11H,1-2H3,(H2,27,28,29,30). The molecule has 170 valence electrons. The Morgan fingerprint density at radius 2 is 1.50 bits per heavy atom. The van der Waals surface area contributed by atoms with E-state index in [-0.39, 0.29) is 11.6 Å². The molecule has 0 aliphatic carbocycles. The largest absolute Gasteiger partial charge is 0.421 e. The van der Waals surface area contributed by atoms with Crippen LogP contribution >= 0.6 is 7.14 Å². The zero-order valence-electron chi connectivity index (χ0n) is 16.7. The van der Waals surface area contributed by atoms with Gasteiger partial charge in [-0.15, -0.1) is 0 Å². The molecule has 0 unspecified atom stereocenters. The van der Waals surface area contributed by atoms with Crippen LogP contribution < -0.4 is 15.9 Å². The second-order valence-electron chi connectivity index (χ2n) is 7.18. The van der Waals surface area contributed by atoms with Gasteiger partial charge in [0, 0.05) is 22.9 Å². The highest BCUT2D eigenvalue weighted by Gasteiger charge is 2.36. The van der Waals surface area contributed by atoms with Gasteiger partial charge in [-0.1, -0.05) is 6.07 Å². The fraction of sp³-hybridized carbons (Fsp3) is 0.200. The summed E-state index contributed by atoms with van der Waals surface area (Å²) >= 11 is 0. The Balaban J connectivity index is 1.93. The Morgan fingerprint density at radius 3 is 2.06 bits per heavy atom. The third kappa shape index (κ3) is 5.79. The Kier molecular flexibility index (Phi) is 6.24. The number of halogens is 6. The fourth-order valence-corrected chi connectivity index (χ4v) is 3.55. The molecule has 2 aromatic carbocycles. The Bertz CT molecular complexity index is 1160. The maximum absolute atomic E-state index is 13.4. The quantitative estimate of drug-likeness (QED) is 0.338. The van der Waals surface area contributed by atoms with Crippen molar-refractivity contribution in [3.63, 3.8) is 0 Å². The Hall–Kier alpha value is -3.07. The topological polar surface area (TPSA) is 66.9 Å². The van der Waals surface area contributed by atoms with Gasteiger partial charge in [0.25, 0.3) is 0 Å². The van der Waals surface area contributed by atoms with Gasteiger partial charge in [-0.25, -0.2) is 4.98 Å². The number of anilines is 4. The van der Waals surface area contributed by atoms with Gasteiger partial charge in [0.1, 0.15) is 18.5 Å². The first-order chi connectivity index (χ1) is 14.7. The van der Waals surface area contributed by atoms with E-state index in [4.69, 9.17) is 0 Å². The minimum atomic E-state index is -4.84. The minimum Gasteiger partial charge on any atom is -0.340 e. The van der Waals surface area contributed by atoms with Crippen LogP contribution in [0.1, 0.15) is 11.1 Å². The van der Waals surface area contributed by atoms with E-state index in [0.717, 1.165) is 12.1 Å². The van der Waals surface area contributed by atoms with Gasteiger partial charge in [-0.2, -0.15) is 31.3 Å². The predicted octanol–water partition coefficient (Wildman–Crippen LogP) is 6.25. The fourth-order valence-electron chi connectivity index (χ4n) is 2.69. The van der Waals surface area contributed by atoms with Gasteiger partial charge in [0.2, 0.25) is 5.95 Å². The van der Waals surface area contributed by atoms with Crippen molar-refractivity contribution in [2.75, 3.05) is 24.0 Å². The number of benzene rings is 2. The third-order valence-electron chi connectivity index (χ3n) is 4.29. The van der Waals surface area contributed by atoms with Crippen molar-refractivity contribution in [1.82, 2.24) is 9.97 Å². The second kappa shape index (κ2) is 8.46. The summed E-state index contributed by atoms with van der Waals surface area (Å²) in [6, 6.07) is 10.1. The van der Waals surface area contributed by atoms with Gasteiger partial charge >= 0.3 is 12.4 Å². The SMILES string of the molecule is CP(C)(=O)c1ccc(Nc2ncc(C(F)(F)F)c(Nc3cccc(C(F)(F)F)c3)n2)cc1. The summed E-state index contributed by atoms with van der Waals surface area (Å²) in [4.78, 5) is 7.46. The first-order valence-electron chi connectivity index (χ1n) is 9.04. The molecule has 3 rings (SSSR count). The molecule has 0 atom stereocenters. The van der Waals surface area contributed by atoms with Crippen molar-refractivity contribution >= 4 is 35.6 Å². The van der Waals surface area contributed by atoms with Crippen LogP contribution in [0.5, 0.6) is 0 Å². The zero-order chi connectivity index (χ0) is 23.7. The summed E-state index contributed by atoms with van der Waals surface area (Å²) in [7, 11) is -2.48. The molecular weight excluding hydrogens is 457 g/mol. The highest BCUT2D eigenvalue weighted by atomic mass is 31.2.